The average Bonchev–Trinajstić information content (AvgIpc) is 3.15. The third-order valence-corrected chi connectivity index (χ3v) is 5.69. The zero-order valence-electron chi connectivity index (χ0n) is 16.0. The van der Waals surface area contributed by atoms with Gasteiger partial charge in [0.1, 0.15) is 18.1 Å². The van der Waals surface area contributed by atoms with Crippen molar-refractivity contribution >= 4 is 5.91 Å². The highest BCUT2D eigenvalue weighted by Gasteiger charge is 2.33. The zero-order chi connectivity index (χ0) is 18.8. The van der Waals surface area contributed by atoms with Gasteiger partial charge in [0.15, 0.2) is 0 Å². The lowest BCUT2D eigenvalue weighted by Gasteiger charge is -2.29. The number of ether oxygens (including phenoxy) is 1. The third kappa shape index (κ3) is 4.33. The van der Waals surface area contributed by atoms with Gasteiger partial charge in [0.2, 0.25) is 5.91 Å². The van der Waals surface area contributed by atoms with Crippen molar-refractivity contribution in [3.8, 4) is 5.75 Å². The van der Waals surface area contributed by atoms with Gasteiger partial charge in [-0.25, -0.2) is 0 Å². The predicted octanol–water partition coefficient (Wildman–Crippen LogP) is 2.81. The molecule has 0 aliphatic carbocycles. The van der Waals surface area contributed by atoms with Crippen LogP contribution >= 0.6 is 0 Å². The van der Waals surface area contributed by atoms with Crippen LogP contribution in [-0.4, -0.2) is 29.2 Å². The van der Waals surface area contributed by atoms with Crippen LogP contribution in [0.2, 0.25) is 0 Å². The van der Waals surface area contributed by atoms with Crippen molar-refractivity contribution in [2.75, 3.05) is 0 Å². The fourth-order valence-electron chi connectivity index (χ4n) is 4.21. The van der Waals surface area contributed by atoms with Crippen LogP contribution in [0.25, 0.3) is 0 Å². The molecule has 2 bridgehead atoms. The molecule has 2 fully saturated rings. The summed E-state index contributed by atoms with van der Waals surface area (Å²) in [6.07, 6.45) is 5.00. The average molecular weight is 369 g/mol. The first-order valence-electron chi connectivity index (χ1n) is 9.75. The van der Waals surface area contributed by atoms with E-state index < -0.39 is 0 Å². The number of piperidine rings is 1. The third-order valence-electron chi connectivity index (χ3n) is 5.69. The number of carbonyl (C=O) groups is 1. The zero-order valence-corrected chi connectivity index (χ0v) is 16.0. The van der Waals surface area contributed by atoms with Crippen molar-refractivity contribution in [3.05, 3.63) is 46.8 Å². The molecule has 2 atom stereocenters. The quantitative estimate of drug-likeness (QED) is 0.819. The largest absolute Gasteiger partial charge is 0.489 e. The fraction of sp³-hybridized carbons (Fsp3) is 0.524. The lowest BCUT2D eigenvalue weighted by atomic mass is 9.99. The van der Waals surface area contributed by atoms with Crippen LogP contribution in [0.4, 0.5) is 0 Å². The smallest absolute Gasteiger partial charge is 0.224 e. The molecule has 3 heterocycles. The fourth-order valence-corrected chi connectivity index (χ4v) is 4.21. The number of nitrogens with zero attached hydrogens (tertiary/aromatic N) is 1. The minimum Gasteiger partial charge on any atom is -0.489 e. The van der Waals surface area contributed by atoms with E-state index >= 15 is 0 Å². The Bertz CT molecular complexity index is 768. The highest BCUT2D eigenvalue weighted by molar-refractivity contribution is 5.78. The number of aryl methyl sites for hydroxylation is 2. The Balaban J connectivity index is 1.27. The molecular weight excluding hydrogens is 342 g/mol. The van der Waals surface area contributed by atoms with Crippen LogP contribution < -0.4 is 15.4 Å². The molecule has 4 rings (SSSR count). The molecule has 2 saturated heterocycles. The maximum Gasteiger partial charge on any atom is 0.224 e. The molecule has 0 saturated carbocycles. The monoisotopic (exact) mass is 369 g/mol. The van der Waals surface area contributed by atoms with Crippen LogP contribution in [0, 0.1) is 13.8 Å². The van der Waals surface area contributed by atoms with Gasteiger partial charge in [0, 0.05) is 18.1 Å². The Morgan fingerprint density at radius 3 is 2.56 bits per heavy atom. The molecule has 27 heavy (non-hydrogen) atoms. The summed E-state index contributed by atoms with van der Waals surface area (Å²) >= 11 is 0. The first-order chi connectivity index (χ1) is 13.1. The Morgan fingerprint density at radius 1 is 1.22 bits per heavy atom. The van der Waals surface area contributed by atoms with Gasteiger partial charge in [-0.05, 0) is 57.2 Å². The number of benzene rings is 1. The van der Waals surface area contributed by atoms with Crippen molar-refractivity contribution < 1.29 is 14.1 Å². The molecule has 0 radical (unpaired) electrons. The Kier molecular flexibility index (Phi) is 5.16. The van der Waals surface area contributed by atoms with Crippen molar-refractivity contribution in [1.29, 1.82) is 0 Å². The topological polar surface area (TPSA) is 76.4 Å². The number of carbonyl (C=O) groups excluding carboxylic acids is 1. The molecule has 2 aliphatic rings. The SMILES string of the molecule is Cc1noc(C)c1COc1ccc(CC(=O)NC2CC3CCC(C2)N3)cc1. The number of hydrogen-bond donors (Lipinski definition) is 2. The number of aromatic nitrogens is 1. The molecule has 2 aromatic rings. The van der Waals surface area contributed by atoms with Crippen molar-refractivity contribution in [2.45, 2.75) is 70.7 Å². The number of hydrogen-bond acceptors (Lipinski definition) is 5. The second-order valence-corrected chi connectivity index (χ2v) is 7.79. The maximum absolute atomic E-state index is 12.4. The molecule has 1 aromatic heterocycles. The predicted molar refractivity (Wildman–Crippen MR) is 102 cm³/mol. The Hall–Kier alpha value is -2.34. The molecular formula is C21H27N3O3. The summed E-state index contributed by atoms with van der Waals surface area (Å²) in [4.78, 5) is 12.4. The van der Waals surface area contributed by atoms with E-state index in [1.54, 1.807) is 0 Å². The van der Waals surface area contributed by atoms with E-state index in [0.29, 0.717) is 31.2 Å². The van der Waals surface area contributed by atoms with E-state index in [9.17, 15) is 4.79 Å². The van der Waals surface area contributed by atoms with Crippen LogP contribution in [0.1, 0.15) is 48.3 Å². The van der Waals surface area contributed by atoms with Gasteiger partial charge in [-0.3, -0.25) is 4.79 Å². The van der Waals surface area contributed by atoms with Crippen LogP contribution in [-0.2, 0) is 17.8 Å². The molecule has 6 nitrogen and oxygen atoms in total. The van der Waals surface area contributed by atoms with Gasteiger partial charge < -0.3 is 19.9 Å². The second kappa shape index (κ2) is 7.72. The highest BCUT2D eigenvalue weighted by Crippen LogP contribution is 2.26. The first kappa shape index (κ1) is 18.0. The number of nitrogens with one attached hydrogen (secondary N) is 2. The molecule has 144 valence electrons. The summed E-state index contributed by atoms with van der Waals surface area (Å²) < 4.78 is 11.0. The summed E-state index contributed by atoms with van der Waals surface area (Å²) in [6, 6.07) is 9.21. The number of amides is 1. The minimum atomic E-state index is 0.102. The molecule has 2 N–H and O–H groups in total. The second-order valence-electron chi connectivity index (χ2n) is 7.79. The van der Waals surface area contributed by atoms with E-state index in [1.807, 2.05) is 38.1 Å². The summed E-state index contributed by atoms with van der Waals surface area (Å²) in [5.41, 5.74) is 2.83. The van der Waals surface area contributed by atoms with E-state index in [0.717, 1.165) is 41.2 Å². The molecule has 6 heteroatoms. The van der Waals surface area contributed by atoms with Gasteiger partial charge >= 0.3 is 0 Å². The van der Waals surface area contributed by atoms with Crippen molar-refractivity contribution in [3.63, 3.8) is 0 Å². The van der Waals surface area contributed by atoms with Crippen molar-refractivity contribution in [2.24, 2.45) is 0 Å². The lowest BCUT2D eigenvalue weighted by Crippen LogP contribution is -2.48. The summed E-state index contributed by atoms with van der Waals surface area (Å²) in [5.74, 6) is 1.66. The minimum absolute atomic E-state index is 0.102. The Labute approximate surface area is 159 Å². The Morgan fingerprint density at radius 2 is 1.93 bits per heavy atom. The van der Waals surface area contributed by atoms with Crippen LogP contribution in [0.15, 0.2) is 28.8 Å². The van der Waals surface area contributed by atoms with Crippen LogP contribution in [0.5, 0.6) is 5.75 Å². The standard InChI is InChI=1S/C21H27N3O3/c1-13-20(14(2)27-24-13)12-26-19-7-3-15(4-8-19)9-21(25)23-18-10-16-5-6-17(11-18)22-16/h3-4,7-8,16-18,22H,5-6,9-12H2,1-2H3,(H,23,25). The van der Waals surface area contributed by atoms with Crippen LogP contribution in [0.3, 0.4) is 0 Å². The van der Waals surface area contributed by atoms with E-state index in [-0.39, 0.29) is 5.91 Å². The van der Waals surface area contributed by atoms with Gasteiger partial charge in [0.05, 0.1) is 17.7 Å². The van der Waals surface area contributed by atoms with E-state index in [4.69, 9.17) is 9.26 Å². The van der Waals surface area contributed by atoms with Crippen molar-refractivity contribution in [1.82, 2.24) is 15.8 Å². The normalized spacial score (nSPS) is 24.0. The molecule has 2 aliphatic heterocycles. The number of fused-ring (bicyclic) bond motifs is 2. The highest BCUT2D eigenvalue weighted by atomic mass is 16.5. The number of rotatable bonds is 6. The van der Waals surface area contributed by atoms with Gasteiger partial charge in [-0.15, -0.1) is 0 Å². The van der Waals surface area contributed by atoms with E-state index in [2.05, 4.69) is 15.8 Å². The first-order valence-corrected chi connectivity index (χ1v) is 9.75. The summed E-state index contributed by atoms with van der Waals surface area (Å²) in [5, 5.41) is 10.7. The molecule has 2 unspecified atom stereocenters. The molecule has 0 spiro atoms. The molecule has 1 amide bonds. The molecule has 1 aromatic carbocycles. The summed E-state index contributed by atoms with van der Waals surface area (Å²) in [6.45, 7) is 4.22. The summed E-state index contributed by atoms with van der Waals surface area (Å²) in [7, 11) is 0. The van der Waals surface area contributed by atoms with E-state index in [1.165, 1.54) is 12.8 Å². The van der Waals surface area contributed by atoms with Gasteiger partial charge in [-0.2, -0.15) is 0 Å². The van der Waals surface area contributed by atoms with Gasteiger partial charge in [-0.1, -0.05) is 17.3 Å². The lowest BCUT2D eigenvalue weighted by molar-refractivity contribution is -0.121. The van der Waals surface area contributed by atoms with Gasteiger partial charge in [0.25, 0.3) is 0 Å². The maximum atomic E-state index is 12.4.